The molecule has 0 amide bonds. The van der Waals surface area contributed by atoms with E-state index in [4.69, 9.17) is 47.4 Å². The topological polar surface area (TPSA) is 162 Å². The van der Waals surface area contributed by atoms with Gasteiger partial charge < -0.3 is 62.9 Å². The molecular weight excluding hydrogens is 811 g/mol. The lowest BCUT2D eigenvalue weighted by Gasteiger charge is -2.48. The Morgan fingerprint density at radius 3 is 2.35 bits per heavy atom. The standard InChI is InChI=1S/C49H75NO13/c1-12-26(2)44-29(5)18-19-48(63-44)24-35-21-34(62-48)17-16-28(4)43(27(3)14-13-15-33-25-56-46-42(51)30(6)20-36(47(52)59-35)49(33,46)53)60-40-23-38(55-11)45(32(8)58-40)61-39-22-37(54-10)41(50-9)31(7)57-39/h13-16,18-20,26-27,29,31-32,34-46,50-51,53H,12,17,21-25H2,1-11H3/b14-13+,28-16+,33-15?/t26-,27-,29-,31+,32-,34+,35-,36-,37+,38-,39-,40-,41+,42+,43-,44+,45-,46+,48+,49+/m0/s1. The summed E-state index contributed by atoms with van der Waals surface area (Å²) in [6.07, 6.45) is 10.7. The van der Waals surface area contributed by atoms with E-state index in [2.05, 4.69) is 52.1 Å². The zero-order chi connectivity index (χ0) is 45.4. The molecule has 0 aromatic rings. The van der Waals surface area contributed by atoms with Crippen molar-refractivity contribution in [2.24, 2.45) is 23.7 Å². The molecule has 4 fully saturated rings. The lowest BCUT2D eigenvalue weighted by molar-refractivity contribution is -0.312. The molecule has 3 N–H and O–H groups in total. The Labute approximate surface area is 374 Å². The van der Waals surface area contributed by atoms with Crippen LogP contribution in [0.4, 0.5) is 0 Å². The first-order valence-corrected chi connectivity index (χ1v) is 23.4. The number of aliphatic hydroxyl groups excluding tert-OH is 1. The highest BCUT2D eigenvalue weighted by Gasteiger charge is 2.60. The summed E-state index contributed by atoms with van der Waals surface area (Å²) < 4.78 is 64.6. The van der Waals surface area contributed by atoms with Gasteiger partial charge in [0.1, 0.15) is 35.9 Å². The van der Waals surface area contributed by atoms with Gasteiger partial charge in [-0.15, -0.1) is 0 Å². The van der Waals surface area contributed by atoms with Gasteiger partial charge in [-0.1, -0.05) is 70.6 Å². The van der Waals surface area contributed by atoms with Gasteiger partial charge in [0.25, 0.3) is 0 Å². The number of hydrogen-bond acceptors (Lipinski definition) is 14. The molecule has 6 heterocycles. The molecule has 14 heteroatoms. The van der Waals surface area contributed by atoms with Gasteiger partial charge in [-0.25, -0.2) is 0 Å². The van der Waals surface area contributed by atoms with Crippen molar-refractivity contribution < 1.29 is 62.4 Å². The summed E-state index contributed by atoms with van der Waals surface area (Å²) in [6.45, 7) is 16.4. The van der Waals surface area contributed by atoms with Crippen LogP contribution in [0.1, 0.15) is 93.9 Å². The third kappa shape index (κ3) is 10.0. The first kappa shape index (κ1) is 48.6. The molecule has 20 atom stereocenters. The number of aliphatic hydroxyl groups is 2. The SMILES string of the molecule is CC[C@H](C)[C@H]1O[C@]2(C=C[C@@H]1C)C[C@@H]1C[C@@H](C/C=C(\C)[C@@H](O[C@H]3C[C@H](OC)[C@@H](O[C@H]4C[C@@H](OC)[C@H](NC)[C@@H](C)O4)[C@H](C)O3)[C@@H](C)/C=C/C=C3CO[C@@H]4[C@H](O)C(C)=C[C@@H](C(=O)O1)[C@]34O)O2. The largest absolute Gasteiger partial charge is 0.462 e. The lowest BCUT2D eigenvalue weighted by atomic mass is 9.71. The number of esters is 1. The Balaban J connectivity index is 1.18. The average Bonchev–Trinajstić information content (AvgIpc) is 3.60. The number of carbonyl (C=O) groups is 1. The number of carbonyl (C=O) groups excluding carboxylic acids is 1. The summed E-state index contributed by atoms with van der Waals surface area (Å²) in [5, 5.41) is 27.1. The van der Waals surface area contributed by atoms with Crippen LogP contribution in [0.5, 0.6) is 0 Å². The van der Waals surface area contributed by atoms with E-state index in [0.29, 0.717) is 43.3 Å². The third-order valence-electron chi connectivity index (χ3n) is 14.9. The Bertz CT molecular complexity index is 1750. The highest BCUT2D eigenvalue weighted by Crippen LogP contribution is 2.47. The minimum Gasteiger partial charge on any atom is -0.462 e. The van der Waals surface area contributed by atoms with Crippen LogP contribution in [0.3, 0.4) is 0 Å². The molecule has 7 aliphatic rings. The predicted molar refractivity (Wildman–Crippen MR) is 234 cm³/mol. The summed E-state index contributed by atoms with van der Waals surface area (Å²) in [6, 6.07) is 0.0442. The van der Waals surface area contributed by atoms with Gasteiger partial charge in [-0.2, -0.15) is 0 Å². The molecule has 63 heavy (non-hydrogen) atoms. The maximum Gasteiger partial charge on any atom is 0.316 e. The van der Waals surface area contributed by atoms with Crippen molar-refractivity contribution in [1.82, 2.24) is 5.32 Å². The summed E-state index contributed by atoms with van der Waals surface area (Å²) in [5.41, 5.74) is 0.180. The number of allylic oxidation sites excluding steroid dienone is 2. The Hall–Kier alpha value is -2.31. The number of likely N-dealkylation sites (N-methyl/N-ethyl adjacent to an activating group) is 1. The van der Waals surface area contributed by atoms with Crippen molar-refractivity contribution in [3.8, 4) is 0 Å². The van der Waals surface area contributed by atoms with E-state index in [0.717, 1.165) is 12.0 Å². The molecule has 14 nitrogen and oxygen atoms in total. The van der Waals surface area contributed by atoms with Crippen molar-refractivity contribution in [2.75, 3.05) is 27.9 Å². The third-order valence-corrected chi connectivity index (χ3v) is 14.9. The smallest absolute Gasteiger partial charge is 0.316 e. The summed E-state index contributed by atoms with van der Waals surface area (Å²) in [5.74, 6) is -2.51. The van der Waals surface area contributed by atoms with E-state index in [1.165, 1.54) is 0 Å². The number of hydrogen-bond donors (Lipinski definition) is 3. The van der Waals surface area contributed by atoms with Crippen molar-refractivity contribution in [2.45, 2.75) is 191 Å². The van der Waals surface area contributed by atoms with E-state index < -0.39 is 66.4 Å². The zero-order valence-electron chi connectivity index (χ0n) is 39.3. The monoisotopic (exact) mass is 886 g/mol. The van der Waals surface area contributed by atoms with E-state index >= 15 is 0 Å². The number of fused-ring (bicyclic) bond motifs is 2. The summed E-state index contributed by atoms with van der Waals surface area (Å²) >= 11 is 0. The van der Waals surface area contributed by atoms with Crippen molar-refractivity contribution >= 4 is 5.97 Å². The minimum absolute atomic E-state index is 0.0411. The molecule has 0 radical (unpaired) electrons. The number of methoxy groups -OCH3 is 2. The van der Waals surface area contributed by atoms with Crippen LogP contribution < -0.4 is 5.32 Å². The van der Waals surface area contributed by atoms with Crippen LogP contribution in [-0.4, -0.2) is 141 Å². The number of rotatable bonds is 9. The second-order valence-electron chi connectivity index (χ2n) is 19.3. The van der Waals surface area contributed by atoms with Crippen molar-refractivity contribution in [3.63, 3.8) is 0 Å². The maximum atomic E-state index is 14.4. The van der Waals surface area contributed by atoms with Gasteiger partial charge in [0.15, 0.2) is 18.4 Å². The number of ether oxygens (including phenoxy) is 10. The Morgan fingerprint density at radius 1 is 0.921 bits per heavy atom. The van der Waals surface area contributed by atoms with E-state index in [1.54, 1.807) is 33.3 Å². The van der Waals surface area contributed by atoms with Crippen LogP contribution in [0, 0.1) is 23.7 Å². The van der Waals surface area contributed by atoms with Gasteiger partial charge in [0, 0.05) is 51.7 Å². The first-order chi connectivity index (χ1) is 30.0. The molecule has 0 unspecified atom stereocenters. The van der Waals surface area contributed by atoms with Crippen LogP contribution in [0.2, 0.25) is 0 Å². The molecule has 0 saturated carbocycles. The molecule has 0 aromatic carbocycles. The highest BCUT2D eigenvalue weighted by molar-refractivity contribution is 5.78. The molecule has 7 rings (SSSR count). The zero-order valence-corrected chi connectivity index (χ0v) is 39.3. The predicted octanol–water partition coefficient (Wildman–Crippen LogP) is 5.60. The normalized spacial score (nSPS) is 47.7. The average molecular weight is 886 g/mol. The summed E-state index contributed by atoms with van der Waals surface area (Å²) in [4.78, 5) is 14.4. The van der Waals surface area contributed by atoms with E-state index in [1.807, 2.05) is 39.1 Å². The molecule has 0 aromatic heterocycles. The summed E-state index contributed by atoms with van der Waals surface area (Å²) in [7, 11) is 5.30. The van der Waals surface area contributed by atoms with Crippen LogP contribution in [-0.2, 0) is 52.2 Å². The second-order valence-corrected chi connectivity index (χ2v) is 19.3. The molecule has 354 valence electrons. The Kier molecular flexibility index (Phi) is 15.7. The minimum atomic E-state index is -1.83. The highest BCUT2D eigenvalue weighted by atomic mass is 16.7. The molecule has 2 bridgehead atoms. The van der Waals surface area contributed by atoms with Crippen LogP contribution in [0.15, 0.2) is 59.3 Å². The van der Waals surface area contributed by atoms with Crippen LogP contribution >= 0.6 is 0 Å². The van der Waals surface area contributed by atoms with Gasteiger partial charge in [-0.05, 0) is 69.9 Å². The quantitative estimate of drug-likeness (QED) is 0.194. The molecular formula is C49H75NO13. The van der Waals surface area contributed by atoms with E-state index in [-0.39, 0.29) is 67.0 Å². The lowest BCUT2D eigenvalue weighted by Crippen LogP contribution is -2.58. The maximum absolute atomic E-state index is 14.4. The van der Waals surface area contributed by atoms with Crippen molar-refractivity contribution in [3.05, 3.63) is 59.3 Å². The number of nitrogens with one attached hydrogen (secondary N) is 1. The fourth-order valence-electron chi connectivity index (χ4n) is 11.0. The molecule has 1 spiro atoms. The molecule has 6 aliphatic heterocycles. The fourth-order valence-corrected chi connectivity index (χ4v) is 11.0. The van der Waals surface area contributed by atoms with Gasteiger partial charge >= 0.3 is 5.97 Å². The second kappa shape index (κ2) is 20.3. The van der Waals surface area contributed by atoms with Gasteiger partial charge in [-0.3, -0.25) is 4.79 Å². The molecule has 4 saturated heterocycles. The fraction of sp³-hybridized carbons (Fsp3) is 0.776. The Morgan fingerprint density at radius 2 is 1.63 bits per heavy atom. The van der Waals surface area contributed by atoms with Gasteiger partial charge in [0.05, 0.1) is 55.4 Å². The van der Waals surface area contributed by atoms with Crippen molar-refractivity contribution in [1.29, 1.82) is 0 Å². The van der Waals surface area contributed by atoms with E-state index in [9.17, 15) is 15.0 Å². The molecule has 1 aliphatic carbocycles. The van der Waals surface area contributed by atoms with Gasteiger partial charge in [0.2, 0.25) is 0 Å². The first-order valence-electron chi connectivity index (χ1n) is 23.4. The van der Waals surface area contributed by atoms with Crippen LogP contribution in [0.25, 0.3) is 0 Å².